The Hall–Kier alpha value is -7.47. The zero-order chi connectivity index (χ0) is 42.4. The number of carboxylic acids is 3. The number of hydrogen-bond acceptors (Lipinski definition) is 17. The van der Waals surface area contributed by atoms with Crippen LogP contribution < -0.4 is 0 Å². The fourth-order valence-electron chi connectivity index (χ4n) is 4.86. The van der Waals surface area contributed by atoms with Crippen molar-refractivity contribution in [1.29, 1.82) is 0 Å². The maximum Gasteiger partial charge on any atom is 0.397 e. The first-order valence-corrected chi connectivity index (χ1v) is 18.9. The Bertz CT molecular complexity index is 2770. The second-order valence-electron chi connectivity index (χ2n) is 11.5. The Morgan fingerprint density at radius 2 is 1.02 bits per heavy atom. The number of phenols is 3. The van der Waals surface area contributed by atoms with E-state index in [4.69, 9.17) is 4.55 Å². The van der Waals surface area contributed by atoms with Crippen molar-refractivity contribution in [3.8, 4) is 28.4 Å². The highest BCUT2D eigenvalue weighted by molar-refractivity contribution is 7.91. The SMILES string of the molecule is O=C(O)c1cc(N=Nc2ccc(-c3ccc(N=Nc4ccc(O)c(N=Nc5ccc(S(=O)(=O)CCOS(=O)(=O)O)cc5)c4O)c(C(=O)O)c3)cc2C(=O)O)ccc1O. The molecule has 0 aliphatic rings. The fourth-order valence-corrected chi connectivity index (χ4v) is 6.35. The Morgan fingerprint density at radius 3 is 1.57 bits per heavy atom. The van der Waals surface area contributed by atoms with Gasteiger partial charge in [0, 0.05) is 0 Å². The van der Waals surface area contributed by atoms with Crippen LogP contribution in [0.25, 0.3) is 11.1 Å². The first kappa shape index (κ1) is 41.7. The molecule has 0 saturated heterocycles. The van der Waals surface area contributed by atoms with Crippen molar-refractivity contribution < 1.29 is 70.6 Å². The van der Waals surface area contributed by atoms with Crippen molar-refractivity contribution in [2.24, 2.45) is 30.7 Å². The number of sulfone groups is 1. The summed E-state index contributed by atoms with van der Waals surface area (Å²) < 4.78 is 58.8. The van der Waals surface area contributed by atoms with Crippen molar-refractivity contribution in [3.05, 3.63) is 108 Å². The van der Waals surface area contributed by atoms with Crippen LogP contribution in [0, 0.1) is 0 Å². The van der Waals surface area contributed by atoms with Crippen LogP contribution in [0.2, 0.25) is 0 Å². The quantitative estimate of drug-likeness (QED) is 0.0399. The molecule has 7 N–H and O–H groups in total. The van der Waals surface area contributed by atoms with Crippen molar-refractivity contribution in [2.45, 2.75) is 4.90 Å². The lowest BCUT2D eigenvalue weighted by Gasteiger charge is -2.08. The number of azo groups is 3. The van der Waals surface area contributed by atoms with E-state index in [0.29, 0.717) is 0 Å². The highest BCUT2D eigenvalue weighted by Gasteiger charge is 2.19. The van der Waals surface area contributed by atoms with Gasteiger partial charge in [0.15, 0.2) is 21.3 Å². The molecule has 23 heteroatoms. The van der Waals surface area contributed by atoms with E-state index in [2.05, 4.69) is 34.9 Å². The van der Waals surface area contributed by atoms with Crippen LogP contribution in [0.15, 0.2) is 127 Å². The molecular formula is C35H26N6O15S2. The third-order valence-corrected chi connectivity index (χ3v) is 9.85. The number of benzene rings is 5. The number of hydrogen-bond donors (Lipinski definition) is 7. The molecule has 21 nitrogen and oxygen atoms in total. The average molecular weight is 835 g/mol. The van der Waals surface area contributed by atoms with Gasteiger partial charge in [-0.1, -0.05) is 12.1 Å². The van der Waals surface area contributed by atoms with Gasteiger partial charge in [0.25, 0.3) is 0 Å². The third-order valence-electron chi connectivity index (χ3n) is 7.69. The van der Waals surface area contributed by atoms with Gasteiger partial charge in [-0.25, -0.2) is 27.0 Å². The molecule has 0 aromatic heterocycles. The van der Waals surface area contributed by atoms with Crippen LogP contribution in [-0.2, 0) is 24.4 Å². The molecule has 0 spiro atoms. The van der Waals surface area contributed by atoms with E-state index >= 15 is 0 Å². The molecule has 0 heterocycles. The summed E-state index contributed by atoms with van der Waals surface area (Å²) in [5, 5.41) is 83.1. The van der Waals surface area contributed by atoms with Crippen LogP contribution in [0.1, 0.15) is 31.1 Å². The molecule has 0 atom stereocenters. The summed E-state index contributed by atoms with van der Waals surface area (Å²) in [5.41, 5.74) is -1.63. The van der Waals surface area contributed by atoms with E-state index in [1.165, 1.54) is 54.6 Å². The molecular weight excluding hydrogens is 809 g/mol. The molecule has 58 heavy (non-hydrogen) atoms. The van der Waals surface area contributed by atoms with E-state index < -0.39 is 79.0 Å². The zero-order valence-electron chi connectivity index (χ0n) is 29.0. The van der Waals surface area contributed by atoms with Gasteiger partial charge in [0.1, 0.15) is 34.1 Å². The molecule has 298 valence electrons. The largest absolute Gasteiger partial charge is 0.507 e. The summed E-state index contributed by atoms with van der Waals surface area (Å²) in [6.45, 7) is -0.830. The number of nitrogens with zero attached hydrogens (tertiary/aromatic N) is 6. The van der Waals surface area contributed by atoms with Crippen molar-refractivity contribution in [1.82, 2.24) is 0 Å². The molecule has 0 radical (unpaired) electrons. The highest BCUT2D eigenvalue weighted by atomic mass is 32.3. The first-order valence-electron chi connectivity index (χ1n) is 15.9. The summed E-state index contributed by atoms with van der Waals surface area (Å²) in [5.74, 6) is -6.80. The smallest absolute Gasteiger partial charge is 0.397 e. The molecule has 0 bridgehead atoms. The van der Waals surface area contributed by atoms with Crippen molar-refractivity contribution >= 4 is 72.3 Å². The highest BCUT2D eigenvalue weighted by Crippen LogP contribution is 2.44. The molecule has 0 fully saturated rings. The number of rotatable bonds is 15. The lowest BCUT2D eigenvalue weighted by molar-refractivity contribution is 0.0684. The summed E-state index contributed by atoms with van der Waals surface area (Å²) in [6, 6.07) is 18.2. The molecule has 5 rings (SSSR count). The minimum Gasteiger partial charge on any atom is -0.507 e. The van der Waals surface area contributed by atoms with Gasteiger partial charge < -0.3 is 30.6 Å². The van der Waals surface area contributed by atoms with Crippen LogP contribution in [0.3, 0.4) is 0 Å². The van der Waals surface area contributed by atoms with Crippen LogP contribution in [0.5, 0.6) is 17.2 Å². The molecule has 0 unspecified atom stereocenters. The molecule has 5 aromatic rings. The van der Waals surface area contributed by atoms with Gasteiger partial charge in [-0.15, -0.1) is 20.5 Å². The van der Waals surface area contributed by atoms with E-state index in [0.717, 1.165) is 36.4 Å². The predicted molar refractivity (Wildman–Crippen MR) is 199 cm³/mol. The Labute approximate surface area is 326 Å². The maximum atomic E-state index is 12.4. The average Bonchev–Trinajstić information content (AvgIpc) is 3.16. The topological polar surface area (TPSA) is 344 Å². The predicted octanol–water partition coefficient (Wildman–Crippen LogP) is 7.40. The number of carboxylic acid groups (broad SMARTS) is 3. The van der Waals surface area contributed by atoms with Crippen LogP contribution in [-0.4, -0.2) is 82.3 Å². The number of carbonyl (C=O) groups is 3. The van der Waals surface area contributed by atoms with Gasteiger partial charge in [-0.05, 0) is 90.0 Å². The van der Waals surface area contributed by atoms with Gasteiger partial charge in [0.2, 0.25) is 0 Å². The van der Waals surface area contributed by atoms with Gasteiger partial charge >= 0.3 is 28.3 Å². The zero-order valence-corrected chi connectivity index (χ0v) is 30.6. The Balaban J connectivity index is 1.36. The number of phenolic OH excluding ortho intramolecular Hbond substituents is 2. The van der Waals surface area contributed by atoms with Crippen LogP contribution >= 0.6 is 0 Å². The lowest BCUT2D eigenvalue weighted by atomic mass is 9.99. The second-order valence-corrected chi connectivity index (χ2v) is 14.7. The molecule has 0 aliphatic carbocycles. The summed E-state index contributed by atoms with van der Waals surface area (Å²) in [4.78, 5) is 35.4. The standard InChI is InChI=1S/C35H26N6O15S2/c42-29-11-5-21(17-25(29)35(49)50)37-38-26-8-1-18(15-23(26)33(45)46)19-2-9-27(24(16-19)34(47)48)39-40-28-10-12-30(43)31(32(28)44)41-36-20-3-6-22(7-4-20)57(51,52)14-13-56-58(53,54)55/h1-12,15-17,42-44H,13-14H2,(H,45,46)(H,47,48)(H,49,50)(H,53,54,55). The maximum absolute atomic E-state index is 12.4. The van der Waals surface area contributed by atoms with Gasteiger partial charge in [-0.3, -0.25) is 4.55 Å². The minimum atomic E-state index is -4.83. The molecule has 0 amide bonds. The van der Waals surface area contributed by atoms with Crippen LogP contribution in [0.4, 0.5) is 34.1 Å². The molecule has 5 aromatic carbocycles. The lowest BCUT2D eigenvalue weighted by Crippen LogP contribution is -2.15. The van der Waals surface area contributed by atoms with Gasteiger partial charge in [-0.2, -0.15) is 18.6 Å². The number of aromatic carboxylic acids is 3. The fraction of sp³-hybridized carbons (Fsp3) is 0.0571. The van der Waals surface area contributed by atoms with Gasteiger partial charge in [0.05, 0.1) is 39.8 Å². The van der Waals surface area contributed by atoms with Crippen molar-refractivity contribution in [3.63, 3.8) is 0 Å². The monoisotopic (exact) mass is 834 g/mol. The van der Waals surface area contributed by atoms with E-state index in [9.17, 15) is 61.9 Å². The third kappa shape index (κ3) is 10.2. The van der Waals surface area contributed by atoms with E-state index in [-0.39, 0.29) is 55.6 Å². The normalized spacial score (nSPS) is 12.1. The minimum absolute atomic E-state index is 0.0142. The molecule has 0 aliphatic heterocycles. The summed E-state index contributed by atoms with van der Waals surface area (Å²) in [6.07, 6.45) is 0. The first-order chi connectivity index (χ1) is 27.3. The number of aromatic hydroxyl groups is 3. The second kappa shape index (κ2) is 17.1. The Kier molecular flexibility index (Phi) is 12.3. The van der Waals surface area contributed by atoms with Crippen molar-refractivity contribution in [2.75, 3.05) is 12.4 Å². The Morgan fingerprint density at radius 1 is 0.534 bits per heavy atom. The summed E-state index contributed by atoms with van der Waals surface area (Å²) in [7, 11) is -8.85. The van der Waals surface area contributed by atoms with E-state index in [1.54, 1.807) is 0 Å². The van der Waals surface area contributed by atoms with E-state index in [1.807, 2.05) is 0 Å². The summed E-state index contributed by atoms with van der Waals surface area (Å²) >= 11 is 0. The molecule has 0 saturated carbocycles.